The Morgan fingerprint density at radius 1 is 0.854 bits per heavy atom. The Kier molecular flexibility index (Phi) is 7.87. The van der Waals surface area contributed by atoms with E-state index in [1.165, 1.54) is 20.9 Å². The van der Waals surface area contributed by atoms with Gasteiger partial charge < -0.3 is 14.4 Å². The van der Waals surface area contributed by atoms with Crippen molar-refractivity contribution in [2.45, 2.75) is 39.7 Å². The summed E-state index contributed by atoms with van der Waals surface area (Å²) in [5.41, 5.74) is 4.80. The molecule has 41 heavy (non-hydrogen) atoms. The highest BCUT2D eigenvalue weighted by Gasteiger charge is 2.53. The van der Waals surface area contributed by atoms with E-state index in [9.17, 15) is 4.79 Å². The van der Waals surface area contributed by atoms with Gasteiger partial charge in [0.2, 0.25) is 0 Å². The SMILES string of the molecule is COc1cc2c(cc1OC)C1(C/C(C)=C/C(Sc3ccccc3)Sc3ccccc3)c3ccccc3C(=O)N1CC2. The Hall–Kier alpha value is -3.61. The molecule has 2 aliphatic rings. The standard InChI is InChI=1S/C35H33NO3S2/c1-24(20-33(40-26-12-6-4-7-13-26)41-27-14-8-5-9-15-27)23-35-29-17-11-10-16-28(29)34(37)36(35)19-18-25-21-31(38-2)32(39-3)22-30(25)35/h4-17,20-22,33H,18-19,23H2,1-3H3/b24-20+. The Morgan fingerprint density at radius 3 is 2.07 bits per heavy atom. The van der Waals surface area contributed by atoms with Crippen LogP contribution < -0.4 is 9.47 Å². The highest BCUT2D eigenvalue weighted by atomic mass is 32.2. The Labute approximate surface area is 250 Å². The summed E-state index contributed by atoms with van der Waals surface area (Å²) in [5, 5.41) is 0. The molecule has 6 heteroatoms. The van der Waals surface area contributed by atoms with Gasteiger partial charge in [-0.3, -0.25) is 4.79 Å². The summed E-state index contributed by atoms with van der Waals surface area (Å²) in [7, 11) is 3.34. The lowest BCUT2D eigenvalue weighted by Crippen LogP contribution is -2.49. The van der Waals surface area contributed by atoms with E-state index in [4.69, 9.17) is 9.47 Å². The lowest BCUT2D eigenvalue weighted by molar-refractivity contribution is 0.0598. The molecule has 0 fully saturated rings. The number of thioether (sulfide) groups is 2. The number of carbonyl (C=O) groups is 1. The lowest BCUT2D eigenvalue weighted by atomic mass is 9.73. The van der Waals surface area contributed by atoms with Gasteiger partial charge in [-0.25, -0.2) is 0 Å². The number of hydrogen-bond acceptors (Lipinski definition) is 5. The Bertz CT molecular complexity index is 1550. The van der Waals surface area contributed by atoms with Crippen LogP contribution in [0, 0.1) is 0 Å². The summed E-state index contributed by atoms with van der Waals surface area (Å²) in [6.07, 6.45) is 3.85. The number of benzene rings is 4. The first-order valence-corrected chi connectivity index (χ1v) is 15.6. The molecule has 4 nitrogen and oxygen atoms in total. The topological polar surface area (TPSA) is 38.8 Å². The van der Waals surface area contributed by atoms with Crippen molar-refractivity contribution in [1.29, 1.82) is 0 Å². The molecule has 6 rings (SSSR count). The first kappa shape index (κ1) is 27.6. The van der Waals surface area contributed by atoms with Crippen molar-refractivity contribution in [3.05, 3.63) is 131 Å². The van der Waals surface area contributed by atoms with Crippen LogP contribution in [0.2, 0.25) is 0 Å². The van der Waals surface area contributed by atoms with Gasteiger partial charge in [0, 0.05) is 21.9 Å². The summed E-state index contributed by atoms with van der Waals surface area (Å²) in [4.78, 5) is 18.4. The largest absolute Gasteiger partial charge is 0.493 e. The minimum absolute atomic E-state index is 0.0997. The number of methoxy groups -OCH3 is 2. The van der Waals surface area contributed by atoms with Crippen LogP contribution in [-0.4, -0.2) is 36.2 Å². The van der Waals surface area contributed by atoms with Gasteiger partial charge in [-0.2, -0.15) is 0 Å². The molecule has 1 unspecified atom stereocenters. The second-order valence-electron chi connectivity index (χ2n) is 10.4. The van der Waals surface area contributed by atoms with Crippen LogP contribution in [0.1, 0.15) is 40.4 Å². The maximum atomic E-state index is 13.9. The van der Waals surface area contributed by atoms with Gasteiger partial charge in [0.1, 0.15) is 0 Å². The minimum atomic E-state index is -0.610. The smallest absolute Gasteiger partial charge is 0.255 e. The molecule has 0 N–H and O–H groups in total. The van der Waals surface area contributed by atoms with Crippen LogP contribution in [-0.2, 0) is 12.0 Å². The quantitative estimate of drug-likeness (QED) is 0.114. The van der Waals surface area contributed by atoms with Gasteiger partial charge in [-0.05, 0) is 78.9 Å². The molecule has 0 aliphatic carbocycles. The van der Waals surface area contributed by atoms with Crippen molar-refractivity contribution in [3.8, 4) is 11.5 Å². The third kappa shape index (κ3) is 5.15. The van der Waals surface area contributed by atoms with Crippen molar-refractivity contribution >= 4 is 29.4 Å². The van der Waals surface area contributed by atoms with Crippen molar-refractivity contribution < 1.29 is 14.3 Å². The predicted octanol–water partition coefficient (Wildman–Crippen LogP) is 8.21. The van der Waals surface area contributed by atoms with E-state index in [-0.39, 0.29) is 10.5 Å². The molecule has 2 heterocycles. The average molecular weight is 580 g/mol. The van der Waals surface area contributed by atoms with Gasteiger partial charge in [0.25, 0.3) is 5.91 Å². The molecule has 0 radical (unpaired) electrons. The second kappa shape index (κ2) is 11.7. The molecular weight excluding hydrogens is 547 g/mol. The zero-order valence-electron chi connectivity index (χ0n) is 23.5. The predicted molar refractivity (Wildman–Crippen MR) is 168 cm³/mol. The monoisotopic (exact) mass is 579 g/mol. The van der Waals surface area contributed by atoms with E-state index in [1.807, 2.05) is 41.7 Å². The fourth-order valence-corrected chi connectivity index (χ4v) is 8.79. The molecule has 4 aromatic rings. The number of ether oxygens (including phenoxy) is 2. The van der Waals surface area contributed by atoms with E-state index in [0.717, 1.165) is 28.9 Å². The maximum Gasteiger partial charge on any atom is 0.255 e. The third-order valence-electron chi connectivity index (χ3n) is 7.91. The summed E-state index contributed by atoms with van der Waals surface area (Å²) in [6.45, 7) is 2.86. The number of nitrogens with zero attached hydrogens (tertiary/aromatic N) is 1. The highest BCUT2D eigenvalue weighted by molar-refractivity contribution is 8.17. The van der Waals surface area contributed by atoms with E-state index in [0.29, 0.717) is 18.7 Å². The summed E-state index contributed by atoms with van der Waals surface area (Å²) >= 11 is 3.70. The lowest BCUT2D eigenvalue weighted by Gasteiger charge is -2.45. The molecule has 208 valence electrons. The van der Waals surface area contributed by atoms with E-state index < -0.39 is 5.54 Å². The summed E-state index contributed by atoms with van der Waals surface area (Å²) in [6, 6.07) is 33.4. The summed E-state index contributed by atoms with van der Waals surface area (Å²) in [5.74, 6) is 1.50. The fourth-order valence-electron chi connectivity index (χ4n) is 6.16. The van der Waals surface area contributed by atoms with Crippen molar-refractivity contribution in [3.63, 3.8) is 0 Å². The van der Waals surface area contributed by atoms with Crippen molar-refractivity contribution in [2.75, 3.05) is 20.8 Å². The van der Waals surface area contributed by atoms with Crippen LogP contribution >= 0.6 is 23.5 Å². The number of fused-ring (bicyclic) bond motifs is 5. The second-order valence-corrected chi connectivity index (χ2v) is 13.1. The van der Waals surface area contributed by atoms with Gasteiger partial charge in [-0.1, -0.05) is 66.2 Å². The molecule has 0 bridgehead atoms. The van der Waals surface area contributed by atoms with Crippen molar-refractivity contribution in [2.24, 2.45) is 0 Å². The van der Waals surface area contributed by atoms with E-state index in [2.05, 4.69) is 96.8 Å². The molecule has 0 spiro atoms. The minimum Gasteiger partial charge on any atom is -0.493 e. The highest BCUT2D eigenvalue weighted by Crippen LogP contribution is 2.53. The van der Waals surface area contributed by atoms with Gasteiger partial charge in [0.15, 0.2) is 11.5 Å². The van der Waals surface area contributed by atoms with E-state index in [1.54, 1.807) is 14.2 Å². The zero-order chi connectivity index (χ0) is 28.4. The fraction of sp³-hybridized carbons (Fsp3) is 0.229. The molecule has 2 aliphatic heterocycles. The first-order chi connectivity index (χ1) is 20.0. The maximum absolute atomic E-state index is 13.9. The number of rotatable bonds is 9. The molecule has 1 atom stereocenters. The molecule has 0 saturated heterocycles. The Morgan fingerprint density at radius 2 is 1.44 bits per heavy atom. The first-order valence-electron chi connectivity index (χ1n) is 13.8. The Balaban J connectivity index is 1.45. The normalized spacial score (nSPS) is 17.7. The van der Waals surface area contributed by atoms with Crippen LogP contribution in [0.5, 0.6) is 11.5 Å². The zero-order valence-corrected chi connectivity index (χ0v) is 25.1. The van der Waals surface area contributed by atoms with Gasteiger partial charge in [0.05, 0.1) is 24.3 Å². The van der Waals surface area contributed by atoms with Crippen LogP contribution in [0.15, 0.2) is 119 Å². The molecular formula is C35H33NO3S2. The summed E-state index contributed by atoms with van der Waals surface area (Å²) < 4.78 is 11.6. The average Bonchev–Trinajstić information content (AvgIpc) is 3.25. The number of carbonyl (C=O) groups excluding carboxylic acids is 1. The third-order valence-corrected chi connectivity index (χ3v) is 10.3. The molecule has 0 saturated carbocycles. The van der Waals surface area contributed by atoms with Crippen LogP contribution in [0.3, 0.4) is 0 Å². The molecule has 4 aromatic carbocycles. The molecule has 0 aromatic heterocycles. The van der Waals surface area contributed by atoms with Crippen LogP contribution in [0.4, 0.5) is 0 Å². The van der Waals surface area contributed by atoms with Gasteiger partial charge >= 0.3 is 0 Å². The van der Waals surface area contributed by atoms with Gasteiger partial charge in [-0.15, -0.1) is 23.5 Å². The number of hydrogen-bond donors (Lipinski definition) is 0. The van der Waals surface area contributed by atoms with E-state index >= 15 is 0 Å². The molecule has 1 amide bonds. The van der Waals surface area contributed by atoms with Crippen LogP contribution in [0.25, 0.3) is 0 Å². The number of amides is 1. The van der Waals surface area contributed by atoms with Crippen molar-refractivity contribution in [1.82, 2.24) is 4.90 Å².